The molecule has 2 heterocycles. The molecule has 0 unspecified atom stereocenters. The van der Waals surface area contributed by atoms with Crippen LogP contribution >= 0.6 is 12.2 Å². The lowest BCUT2D eigenvalue weighted by atomic mass is 10.1. The minimum atomic E-state index is -0.202. The van der Waals surface area contributed by atoms with Crippen LogP contribution in [-0.4, -0.2) is 28.8 Å². The van der Waals surface area contributed by atoms with E-state index in [0.29, 0.717) is 53.1 Å². The number of benzene rings is 2. The van der Waals surface area contributed by atoms with E-state index >= 15 is 0 Å². The minimum Gasteiger partial charge on any atom is -0.454 e. The number of H-pyrrole nitrogens is 1. The number of nitrogens with zero attached hydrogens (tertiary/aromatic N) is 1. The number of carbonyl (C=O) groups is 1. The first-order chi connectivity index (χ1) is 14.1. The third kappa shape index (κ3) is 4.32. The largest absolute Gasteiger partial charge is 0.454 e. The summed E-state index contributed by atoms with van der Waals surface area (Å²) >= 11 is 5.33. The van der Waals surface area contributed by atoms with Crippen molar-refractivity contribution in [1.29, 1.82) is 0 Å². The quantitative estimate of drug-likeness (QED) is 0.584. The molecular formula is C21H21N3O4S. The summed E-state index contributed by atoms with van der Waals surface area (Å²) in [5.41, 5.74) is 1.59. The van der Waals surface area contributed by atoms with Crippen molar-refractivity contribution in [1.82, 2.24) is 14.9 Å². The zero-order valence-corrected chi connectivity index (χ0v) is 16.6. The van der Waals surface area contributed by atoms with E-state index in [-0.39, 0.29) is 18.3 Å². The minimum absolute atomic E-state index is 0.0342. The molecule has 0 saturated carbocycles. The zero-order chi connectivity index (χ0) is 20.2. The molecule has 0 aliphatic carbocycles. The van der Waals surface area contributed by atoms with Gasteiger partial charge < -0.3 is 19.8 Å². The Hall–Kier alpha value is -3.13. The van der Waals surface area contributed by atoms with Crippen LogP contribution < -0.4 is 20.3 Å². The lowest BCUT2D eigenvalue weighted by molar-refractivity contribution is -0.121. The van der Waals surface area contributed by atoms with Crippen molar-refractivity contribution in [3.8, 4) is 11.5 Å². The Morgan fingerprint density at radius 1 is 1.17 bits per heavy atom. The maximum Gasteiger partial charge on any atom is 0.262 e. The number of nitrogens with one attached hydrogen (secondary N) is 2. The van der Waals surface area contributed by atoms with Gasteiger partial charge in [-0.05, 0) is 36.7 Å². The molecule has 7 nitrogen and oxygen atoms in total. The van der Waals surface area contributed by atoms with E-state index < -0.39 is 0 Å². The van der Waals surface area contributed by atoms with Gasteiger partial charge in [0.15, 0.2) is 16.3 Å². The lowest BCUT2D eigenvalue weighted by Gasteiger charge is -2.09. The van der Waals surface area contributed by atoms with E-state index in [1.165, 1.54) is 10.1 Å². The molecule has 1 aliphatic heterocycles. The van der Waals surface area contributed by atoms with E-state index in [1.807, 2.05) is 30.3 Å². The average molecular weight is 411 g/mol. The van der Waals surface area contributed by atoms with Gasteiger partial charge in [0.1, 0.15) is 0 Å². The summed E-state index contributed by atoms with van der Waals surface area (Å²) in [4.78, 5) is 28.0. The Labute approximate surface area is 172 Å². The molecule has 0 radical (unpaired) electrons. The van der Waals surface area contributed by atoms with Crippen LogP contribution in [0.5, 0.6) is 11.5 Å². The third-order valence-corrected chi connectivity index (χ3v) is 5.16. The highest BCUT2D eigenvalue weighted by Crippen LogP contribution is 2.34. The first-order valence-corrected chi connectivity index (χ1v) is 9.90. The molecular weight excluding hydrogens is 390 g/mol. The Morgan fingerprint density at radius 2 is 1.93 bits per heavy atom. The number of carbonyl (C=O) groups excluding carboxylic acids is 1. The highest BCUT2D eigenvalue weighted by atomic mass is 32.1. The van der Waals surface area contributed by atoms with Gasteiger partial charge in [-0.15, -0.1) is 0 Å². The van der Waals surface area contributed by atoms with Gasteiger partial charge in [0.05, 0.1) is 10.9 Å². The molecule has 150 valence electrons. The molecule has 0 fully saturated rings. The maximum atomic E-state index is 12.8. The van der Waals surface area contributed by atoms with Crippen LogP contribution in [0.25, 0.3) is 10.9 Å². The second-order valence-corrected chi connectivity index (χ2v) is 7.21. The van der Waals surface area contributed by atoms with Gasteiger partial charge in [-0.3, -0.25) is 14.2 Å². The van der Waals surface area contributed by atoms with Crippen molar-refractivity contribution < 1.29 is 14.3 Å². The van der Waals surface area contributed by atoms with Gasteiger partial charge >= 0.3 is 0 Å². The number of hydrogen-bond donors (Lipinski definition) is 2. The Balaban J connectivity index is 1.36. The Kier molecular flexibility index (Phi) is 5.62. The fraction of sp³-hybridized carbons (Fsp3) is 0.286. The monoisotopic (exact) mass is 411 g/mol. The average Bonchev–Trinajstić information content (AvgIpc) is 3.17. The van der Waals surface area contributed by atoms with Crippen molar-refractivity contribution in [2.24, 2.45) is 0 Å². The van der Waals surface area contributed by atoms with Crippen molar-refractivity contribution >= 4 is 29.0 Å². The van der Waals surface area contributed by atoms with E-state index in [2.05, 4.69) is 10.3 Å². The highest BCUT2D eigenvalue weighted by Gasteiger charge is 2.17. The van der Waals surface area contributed by atoms with Gasteiger partial charge in [0.2, 0.25) is 12.7 Å². The van der Waals surface area contributed by atoms with E-state index in [0.717, 1.165) is 6.42 Å². The van der Waals surface area contributed by atoms with Crippen LogP contribution in [0.2, 0.25) is 0 Å². The number of fused-ring (bicyclic) bond motifs is 2. The van der Waals surface area contributed by atoms with Gasteiger partial charge in [0, 0.05) is 25.6 Å². The summed E-state index contributed by atoms with van der Waals surface area (Å²) in [6.07, 6.45) is 1.64. The van der Waals surface area contributed by atoms with Crippen molar-refractivity contribution in [2.75, 3.05) is 13.3 Å². The fourth-order valence-corrected chi connectivity index (χ4v) is 3.61. The molecule has 2 aromatic carbocycles. The van der Waals surface area contributed by atoms with Crippen LogP contribution in [0.15, 0.2) is 47.3 Å². The number of hydrogen-bond acceptors (Lipinski definition) is 5. The van der Waals surface area contributed by atoms with Gasteiger partial charge in [-0.2, -0.15) is 0 Å². The summed E-state index contributed by atoms with van der Waals surface area (Å²) in [5, 5.41) is 3.40. The molecule has 1 aliphatic rings. The number of aromatic nitrogens is 2. The molecule has 0 atom stereocenters. The van der Waals surface area contributed by atoms with E-state index in [9.17, 15) is 9.59 Å². The topological polar surface area (TPSA) is 85.4 Å². The first-order valence-electron chi connectivity index (χ1n) is 9.49. The second-order valence-electron chi connectivity index (χ2n) is 6.83. The number of ether oxygens (including phenoxy) is 2. The second kappa shape index (κ2) is 8.48. The van der Waals surface area contributed by atoms with Gasteiger partial charge in [-0.25, -0.2) is 0 Å². The molecule has 1 amide bonds. The van der Waals surface area contributed by atoms with Crippen molar-refractivity contribution in [3.63, 3.8) is 0 Å². The van der Waals surface area contributed by atoms with Crippen LogP contribution in [-0.2, 0) is 17.8 Å². The molecule has 29 heavy (non-hydrogen) atoms. The zero-order valence-electron chi connectivity index (χ0n) is 15.8. The standard InChI is InChI=1S/C21H21N3O4S/c25-19(22-9-8-14-5-2-1-3-6-14)7-4-10-24-20(26)15-11-17-18(28-13-27-17)12-16(15)23-21(24)29/h1-3,5-6,11-12H,4,7-10,13H2,(H,22,25)(H,23,29). The molecule has 8 heteroatoms. The normalized spacial score (nSPS) is 12.3. The molecule has 4 rings (SSSR count). The number of rotatable bonds is 7. The van der Waals surface area contributed by atoms with Crippen LogP contribution in [0.3, 0.4) is 0 Å². The molecule has 0 bridgehead atoms. The smallest absolute Gasteiger partial charge is 0.262 e. The molecule has 2 N–H and O–H groups in total. The number of amides is 1. The molecule has 0 spiro atoms. The molecule has 1 aromatic heterocycles. The van der Waals surface area contributed by atoms with Crippen LogP contribution in [0, 0.1) is 4.77 Å². The van der Waals surface area contributed by atoms with Crippen LogP contribution in [0.1, 0.15) is 18.4 Å². The molecule has 0 saturated heterocycles. The summed E-state index contributed by atoms with van der Waals surface area (Å²) in [5.74, 6) is 1.10. The van der Waals surface area contributed by atoms with Crippen LogP contribution in [0.4, 0.5) is 0 Å². The first kappa shape index (κ1) is 19.2. The summed E-state index contributed by atoms with van der Waals surface area (Å²) in [6.45, 7) is 1.09. The van der Waals surface area contributed by atoms with Crippen molar-refractivity contribution in [3.05, 3.63) is 63.2 Å². The Bertz CT molecular complexity index is 1150. The molecule has 3 aromatic rings. The number of aromatic amines is 1. The highest BCUT2D eigenvalue weighted by molar-refractivity contribution is 7.71. The maximum absolute atomic E-state index is 12.8. The Morgan fingerprint density at radius 3 is 2.72 bits per heavy atom. The van der Waals surface area contributed by atoms with E-state index in [1.54, 1.807) is 12.1 Å². The third-order valence-electron chi connectivity index (χ3n) is 4.84. The summed E-state index contributed by atoms with van der Waals surface area (Å²) < 4.78 is 12.5. The van der Waals surface area contributed by atoms with Gasteiger partial charge in [-0.1, -0.05) is 30.3 Å². The predicted molar refractivity (Wildman–Crippen MR) is 112 cm³/mol. The summed E-state index contributed by atoms with van der Waals surface area (Å²) in [7, 11) is 0. The van der Waals surface area contributed by atoms with Gasteiger partial charge in [0.25, 0.3) is 5.56 Å². The van der Waals surface area contributed by atoms with Crippen molar-refractivity contribution in [2.45, 2.75) is 25.8 Å². The summed E-state index contributed by atoms with van der Waals surface area (Å²) in [6, 6.07) is 13.4. The lowest BCUT2D eigenvalue weighted by Crippen LogP contribution is -2.27. The van der Waals surface area contributed by atoms with E-state index in [4.69, 9.17) is 21.7 Å². The predicted octanol–water partition coefficient (Wildman–Crippen LogP) is 2.93. The SMILES string of the molecule is O=C(CCCn1c(=S)[nH]c2cc3c(cc2c1=O)OCO3)NCCc1ccccc1. The fourth-order valence-electron chi connectivity index (χ4n) is 3.32.